The van der Waals surface area contributed by atoms with Gasteiger partial charge in [-0.15, -0.1) is 11.3 Å². The normalized spacial score (nSPS) is 14.2. The Kier molecular flexibility index (Phi) is 5.80. The summed E-state index contributed by atoms with van der Waals surface area (Å²) in [7, 11) is 0. The molecule has 0 amide bonds. The van der Waals surface area contributed by atoms with E-state index in [4.69, 9.17) is 5.11 Å². The molecule has 18 heavy (non-hydrogen) atoms. The van der Waals surface area contributed by atoms with Gasteiger partial charge in [0.15, 0.2) is 5.12 Å². The highest BCUT2D eigenvalue weighted by atomic mass is 32.2. The van der Waals surface area contributed by atoms with Crippen LogP contribution in [-0.2, 0) is 4.79 Å². The monoisotopic (exact) mass is 290 g/mol. The molecule has 7 heteroatoms. The maximum Gasteiger partial charge on any atom is 0.346 e. The molecular weight excluding hydrogens is 276 g/mol. The van der Waals surface area contributed by atoms with E-state index < -0.39 is 18.2 Å². The van der Waals surface area contributed by atoms with Gasteiger partial charge in [-0.25, -0.2) is 4.79 Å². The largest absolute Gasteiger partial charge is 0.477 e. The van der Waals surface area contributed by atoms with Gasteiger partial charge in [-0.1, -0.05) is 11.8 Å². The standard InChI is InChI=1S/C11H14O5S2/c1-6(12)17-5-3-8(13)9(14)7-2-4-18-10(7)11(15)16/h2,4,8-9,13-14H,3,5H2,1H3,(H,15,16). The van der Waals surface area contributed by atoms with E-state index in [0.717, 1.165) is 23.1 Å². The number of rotatable bonds is 6. The second kappa shape index (κ2) is 6.89. The predicted molar refractivity (Wildman–Crippen MR) is 70.0 cm³/mol. The van der Waals surface area contributed by atoms with Crippen molar-refractivity contribution in [2.24, 2.45) is 0 Å². The van der Waals surface area contributed by atoms with Crippen LogP contribution in [0.15, 0.2) is 11.4 Å². The lowest BCUT2D eigenvalue weighted by Gasteiger charge is -2.17. The van der Waals surface area contributed by atoms with Crippen molar-refractivity contribution in [3.05, 3.63) is 21.9 Å². The van der Waals surface area contributed by atoms with E-state index in [1.165, 1.54) is 13.0 Å². The van der Waals surface area contributed by atoms with Gasteiger partial charge in [-0.2, -0.15) is 0 Å². The Labute approximate surface area is 112 Å². The Balaban J connectivity index is 2.62. The molecule has 1 aromatic rings. The third kappa shape index (κ3) is 4.09. The molecule has 0 aliphatic rings. The van der Waals surface area contributed by atoms with Gasteiger partial charge in [0.05, 0.1) is 6.10 Å². The lowest BCUT2D eigenvalue weighted by molar-refractivity contribution is -0.109. The van der Waals surface area contributed by atoms with Crippen LogP contribution in [0.1, 0.15) is 34.7 Å². The Bertz CT molecular complexity index is 429. The first kappa shape index (κ1) is 15.2. The Hall–Kier alpha value is -0.890. The van der Waals surface area contributed by atoms with Crippen molar-refractivity contribution in [2.75, 3.05) is 5.75 Å². The first-order valence-corrected chi connectivity index (χ1v) is 7.10. The number of aromatic carboxylic acids is 1. The summed E-state index contributed by atoms with van der Waals surface area (Å²) in [6, 6.07) is 1.49. The highest BCUT2D eigenvalue weighted by Crippen LogP contribution is 2.27. The van der Waals surface area contributed by atoms with Crippen LogP contribution in [0.4, 0.5) is 0 Å². The van der Waals surface area contributed by atoms with Gasteiger partial charge < -0.3 is 15.3 Å². The summed E-state index contributed by atoms with van der Waals surface area (Å²) < 4.78 is 0. The van der Waals surface area contributed by atoms with Crippen molar-refractivity contribution in [3.63, 3.8) is 0 Å². The zero-order valence-electron chi connectivity index (χ0n) is 9.70. The Morgan fingerprint density at radius 2 is 2.11 bits per heavy atom. The number of thioether (sulfide) groups is 1. The van der Waals surface area contributed by atoms with Crippen LogP contribution in [0.3, 0.4) is 0 Å². The summed E-state index contributed by atoms with van der Waals surface area (Å²) in [5.74, 6) is -0.732. The zero-order valence-corrected chi connectivity index (χ0v) is 11.3. The topological polar surface area (TPSA) is 94.8 Å². The van der Waals surface area contributed by atoms with Crippen LogP contribution in [-0.4, -0.2) is 38.3 Å². The van der Waals surface area contributed by atoms with Gasteiger partial charge in [0.2, 0.25) is 0 Å². The summed E-state index contributed by atoms with van der Waals surface area (Å²) in [5.41, 5.74) is 0.216. The number of carbonyl (C=O) groups is 2. The second-order valence-electron chi connectivity index (χ2n) is 3.65. The summed E-state index contributed by atoms with van der Waals surface area (Å²) in [4.78, 5) is 21.6. The first-order valence-electron chi connectivity index (χ1n) is 5.23. The fourth-order valence-electron chi connectivity index (χ4n) is 1.41. The smallest absolute Gasteiger partial charge is 0.346 e. The van der Waals surface area contributed by atoms with E-state index in [1.807, 2.05) is 0 Å². The second-order valence-corrected chi connectivity index (χ2v) is 5.84. The molecule has 0 bridgehead atoms. The molecule has 2 unspecified atom stereocenters. The van der Waals surface area contributed by atoms with Crippen molar-refractivity contribution in [2.45, 2.75) is 25.6 Å². The van der Waals surface area contributed by atoms with Crippen LogP contribution >= 0.6 is 23.1 Å². The minimum absolute atomic E-state index is 0.0285. The summed E-state index contributed by atoms with van der Waals surface area (Å²) in [6.07, 6.45) is -2.10. The quantitative estimate of drug-likeness (QED) is 0.735. The molecule has 0 saturated carbocycles. The fraction of sp³-hybridized carbons (Fsp3) is 0.455. The Morgan fingerprint density at radius 3 is 2.67 bits per heavy atom. The number of aliphatic hydroxyl groups is 2. The molecular formula is C11H14O5S2. The molecule has 0 radical (unpaired) electrons. The summed E-state index contributed by atoms with van der Waals surface area (Å²) in [5, 5.41) is 30.0. The number of thiophene rings is 1. The summed E-state index contributed by atoms with van der Waals surface area (Å²) in [6.45, 7) is 1.43. The lowest BCUT2D eigenvalue weighted by atomic mass is 10.0. The van der Waals surface area contributed by atoms with Crippen LogP contribution < -0.4 is 0 Å². The van der Waals surface area contributed by atoms with Crippen LogP contribution in [0, 0.1) is 0 Å². The van der Waals surface area contributed by atoms with Crippen molar-refractivity contribution >= 4 is 34.2 Å². The molecule has 100 valence electrons. The summed E-state index contributed by atoms with van der Waals surface area (Å²) >= 11 is 2.06. The minimum Gasteiger partial charge on any atom is -0.477 e. The SMILES string of the molecule is CC(=O)SCCC(O)C(O)c1ccsc1C(=O)O. The molecule has 0 fully saturated rings. The molecule has 5 nitrogen and oxygen atoms in total. The fourth-order valence-corrected chi connectivity index (χ4v) is 2.84. The van der Waals surface area contributed by atoms with E-state index in [0.29, 0.717) is 5.75 Å². The number of hydrogen-bond donors (Lipinski definition) is 3. The predicted octanol–water partition coefficient (Wildman–Crippen LogP) is 1.51. The molecule has 0 aromatic carbocycles. The molecule has 0 spiro atoms. The molecule has 3 N–H and O–H groups in total. The van der Waals surface area contributed by atoms with Crippen molar-refractivity contribution < 1.29 is 24.9 Å². The van der Waals surface area contributed by atoms with Crippen LogP contribution in [0.5, 0.6) is 0 Å². The lowest BCUT2D eigenvalue weighted by Crippen LogP contribution is -2.20. The third-order valence-corrected chi connectivity index (χ3v) is 4.06. The molecule has 1 heterocycles. The van der Waals surface area contributed by atoms with Crippen molar-refractivity contribution in [3.8, 4) is 0 Å². The Morgan fingerprint density at radius 1 is 1.44 bits per heavy atom. The van der Waals surface area contributed by atoms with Gasteiger partial charge in [0.1, 0.15) is 11.0 Å². The van der Waals surface area contributed by atoms with E-state index in [-0.39, 0.29) is 22.0 Å². The van der Waals surface area contributed by atoms with Crippen molar-refractivity contribution in [1.82, 2.24) is 0 Å². The van der Waals surface area contributed by atoms with E-state index in [2.05, 4.69) is 0 Å². The van der Waals surface area contributed by atoms with Gasteiger partial charge >= 0.3 is 5.97 Å². The van der Waals surface area contributed by atoms with E-state index in [9.17, 15) is 19.8 Å². The number of aliphatic hydroxyl groups excluding tert-OH is 2. The van der Waals surface area contributed by atoms with Gasteiger partial charge in [-0.3, -0.25) is 4.79 Å². The van der Waals surface area contributed by atoms with Crippen molar-refractivity contribution in [1.29, 1.82) is 0 Å². The number of carboxylic acids is 1. The molecule has 0 aliphatic carbocycles. The highest BCUT2D eigenvalue weighted by Gasteiger charge is 2.24. The van der Waals surface area contributed by atoms with Gasteiger partial charge in [0, 0.05) is 18.2 Å². The average molecular weight is 290 g/mol. The molecule has 0 saturated heterocycles. The minimum atomic E-state index is -1.24. The highest BCUT2D eigenvalue weighted by molar-refractivity contribution is 8.13. The number of carboxylic acid groups (broad SMARTS) is 1. The average Bonchev–Trinajstić information content (AvgIpc) is 2.76. The maximum absolute atomic E-state index is 10.9. The van der Waals surface area contributed by atoms with Gasteiger partial charge in [-0.05, 0) is 17.9 Å². The van der Waals surface area contributed by atoms with E-state index in [1.54, 1.807) is 5.38 Å². The maximum atomic E-state index is 10.9. The molecule has 0 aliphatic heterocycles. The van der Waals surface area contributed by atoms with Gasteiger partial charge in [0.25, 0.3) is 0 Å². The first-order chi connectivity index (χ1) is 8.43. The van der Waals surface area contributed by atoms with E-state index >= 15 is 0 Å². The van der Waals surface area contributed by atoms with Crippen LogP contribution in [0.25, 0.3) is 0 Å². The van der Waals surface area contributed by atoms with Crippen LogP contribution in [0.2, 0.25) is 0 Å². The zero-order chi connectivity index (χ0) is 13.7. The molecule has 2 atom stereocenters. The number of hydrogen-bond acceptors (Lipinski definition) is 6. The molecule has 1 aromatic heterocycles. The number of carbonyl (C=O) groups excluding carboxylic acids is 1. The molecule has 1 rings (SSSR count). The third-order valence-electron chi connectivity index (χ3n) is 2.29.